The number of hydrogen-bond donors (Lipinski definition) is 1. The van der Waals surface area contributed by atoms with Crippen LogP contribution in [0.3, 0.4) is 0 Å². The molecule has 140 valence electrons. The monoisotopic (exact) mass is 356 g/mol. The first kappa shape index (κ1) is 18.5. The van der Waals surface area contributed by atoms with Gasteiger partial charge in [-0.2, -0.15) is 0 Å². The number of carbonyl (C=O) groups is 1. The van der Waals surface area contributed by atoms with Crippen LogP contribution >= 0.6 is 0 Å². The van der Waals surface area contributed by atoms with Gasteiger partial charge >= 0.3 is 0 Å². The molecule has 1 aromatic heterocycles. The molecule has 3 rings (SSSR count). The first-order valence-corrected chi connectivity index (χ1v) is 9.24. The Morgan fingerprint density at radius 2 is 1.96 bits per heavy atom. The first-order valence-electron chi connectivity index (χ1n) is 9.24. The number of amides is 1. The highest BCUT2D eigenvalue weighted by Crippen LogP contribution is 2.24. The van der Waals surface area contributed by atoms with Gasteiger partial charge in [-0.1, -0.05) is 31.1 Å². The normalized spacial score (nSPS) is 15.5. The summed E-state index contributed by atoms with van der Waals surface area (Å²) in [6, 6.07) is 8.23. The lowest BCUT2D eigenvalue weighted by Crippen LogP contribution is -2.48. The van der Waals surface area contributed by atoms with Crippen molar-refractivity contribution in [3.63, 3.8) is 0 Å². The predicted molar refractivity (Wildman–Crippen MR) is 104 cm³/mol. The molecular formula is C20H28N4O2. The summed E-state index contributed by atoms with van der Waals surface area (Å²) in [6.07, 6.45) is 0. The number of rotatable bonds is 5. The Balaban J connectivity index is 1.50. The summed E-state index contributed by atoms with van der Waals surface area (Å²) >= 11 is 0. The van der Waals surface area contributed by atoms with E-state index in [-0.39, 0.29) is 11.8 Å². The Morgan fingerprint density at radius 3 is 2.62 bits per heavy atom. The zero-order chi connectivity index (χ0) is 18.7. The summed E-state index contributed by atoms with van der Waals surface area (Å²) in [4.78, 5) is 16.8. The van der Waals surface area contributed by atoms with Crippen LogP contribution in [0.2, 0.25) is 0 Å². The molecule has 26 heavy (non-hydrogen) atoms. The molecule has 1 fully saturated rings. The molecule has 0 radical (unpaired) electrons. The van der Waals surface area contributed by atoms with E-state index in [4.69, 9.17) is 4.52 Å². The average molecular weight is 356 g/mol. The predicted octanol–water partition coefficient (Wildman–Crippen LogP) is 3.18. The van der Waals surface area contributed by atoms with E-state index in [1.807, 2.05) is 13.8 Å². The van der Waals surface area contributed by atoms with Gasteiger partial charge in [0, 0.05) is 37.9 Å². The molecule has 1 aromatic carbocycles. The van der Waals surface area contributed by atoms with E-state index in [1.54, 1.807) is 6.07 Å². The quantitative estimate of drug-likeness (QED) is 0.891. The Bertz CT molecular complexity index is 761. The van der Waals surface area contributed by atoms with Gasteiger partial charge in [-0.05, 0) is 37.0 Å². The molecule has 1 amide bonds. The van der Waals surface area contributed by atoms with E-state index in [9.17, 15) is 4.79 Å². The van der Waals surface area contributed by atoms with Gasteiger partial charge in [-0.15, -0.1) is 0 Å². The second kappa shape index (κ2) is 7.91. The third-order valence-electron chi connectivity index (χ3n) is 5.04. The Hall–Kier alpha value is -2.34. The van der Waals surface area contributed by atoms with Crippen LogP contribution in [-0.4, -0.2) is 48.7 Å². The van der Waals surface area contributed by atoms with Gasteiger partial charge in [-0.25, -0.2) is 0 Å². The maximum atomic E-state index is 12.3. The number of nitrogens with zero attached hydrogens (tertiary/aromatic N) is 3. The van der Waals surface area contributed by atoms with Crippen LogP contribution in [0.4, 0.5) is 11.6 Å². The van der Waals surface area contributed by atoms with Crippen LogP contribution in [0.25, 0.3) is 0 Å². The van der Waals surface area contributed by atoms with Crippen LogP contribution < -0.4 is 10.2 Å². The highest BCUT2D eigenvalue weighted by atomic mass is 16.5. The molecule has 0 atom stereocenters. The summed E-state index contributed by atoms with van der Waals surface area (Å²) in [7, 11) is 0. The summed E-state index contributed by atoms with van der Waals surface area (Å²) in [5.41, 5.74) is 4.81. The smallest absolute Gasteiger partial charge is 0.240 e. The topological polar surface area (TPSA) is 61.6 Å². The summed E-state index contributed by atoms with van der Waals surface area (Å²) in [5, 5.41) is 6.76. The van der Waals surface area contributed by atoms with Crippen LogP contribution in [0.1, 0.15) is 36.6 Å². The molecule has 6 nitrogen and oxygen atoms in total. The van der Waals surface area contributed by atoms with Gasteiger partial charge in [0.25, 0.3) is 0 Å². The maximum absolute atomic E-state index is 12.3. The largest absolute Gasteiger partial charge is 0.369 e. The molecule has 0 saturated carbocycles. The standard InChI is InChI=1S/C20H28N4O2/c1-14(2)17-12-20(26-22-17)21-19(25)13-23-8-10-24(11-9-23)18-7-5-6-15(3)16(18)4/h5-7,12,14H,8-11,13H2,1-4H3,(H,21,25). The van der Waals surface area contributed by atoms with E-state index >= 15 is 0 Å². The molecular weight excluding hydrogens is 328 g/mol. The maximum Gasteiger partial charge on any atom is 0.240 e. The van der Waals surface area contributed by atoms with E-state index in [2.05, 4.69) is 52.3 Å². The number of nitrogens with one attached hydrogen (secondary N) is 1. The average Bonchev–Trinajstić information content (AvgIpc) is 3.07. The fraction of sp³-hybridized carbons (Fsp3) is 0.500. The summed E-state index contributed by atoms with van der Waals surface area (Å²) in [6.45, 7) is 12.4. The van der Waals surface area contributed by atoms with Crippen molar-refractivity contribution in [3.05, 3.63) is 41.1 Å². The van der Waals surface area contributed by atoms with Gasteiger partial charge < -0.3 is 9.42 Å². The van der Waals surface area contributed by atoms with Crippen molar-refractivity contribution in [1.82, 2.24) is 10.1 Å². The molecule has 1 N–H and O–H groups in total. The highest BCUT2D eigenvalue weighted by Gasteiger charge is 2.21. The second-order valence-corrected chi connectivity index (χ2v) is 7.30. The van der Waals surface area contributed by atoms with Crippen molar-refractivity contribution >= 4 is 17.5 Å². The SMILES string of the molecule is Cc1cccc(N2CCN(CC(=O)Nc3cc(C(C)C)no3)CC2)c1C. The Morgan fingerprint density at radius 1 is 1.23 bits per heavy atom. The third kappa shape index (κ3) is 4.25. The summed E-state index contributed by atoms with van der Waals surface area (Å²) < 4.78 is 5.18. The lowest BCUT2D eigenvalue weighted by molar-refractivity contribution is -0.117. The minimum absolute atomic E-state index is 0.0587. The number of aryl methyl sites for hydroxylation is 1. The lowest BCUT2D eigenvalue weighted by Gasteiger charge is -2.36. The number of anilines is 2. The van der Waals surface area contributed by atoms with E-state index in [0.29, 0.717) is 12.4 Å². The summed E-state index contributed by atoms with van der Waals surface area (Å²) in [5.74, 6) is 0.645. The number of piperazine rings is 1. The van der Waals surface area contributed by atoms with Gasteiger partial charge in [0.2, 0.25) is 11.8 Å². The van der Waals surface area contributed by atoms with Crippen molar-refractivity contribution in [2.75, 3.05) is 42.9 Å². The second-order valence-electron chi connectivity index (χ2n) is 7.30. The molecule has 1 aliphatic rings. The Kier molecular flexibility index (Phi) is 5.61. The number of hydrogen-bond acceptors (Lipinski definition) is 5. The molecule has 1 saturated heterocycles. The molecule has 2 aromatic rings. The van der Waals surface area contributed by atoms with Gasteiger partial charge in [0.1, 0.15) is 0 Å². The van der Waals surface area contributed by atoms with Gasteiger partial charge in [-0.3, -0.25) is 15.0 Å². The molecule has 6 heteroatoms. The van der Waals surface area contributed by atoms with Crippen molar-refractivity contribution in [3.8, 4) is 0 Å². The number of aromatic nitrogens is 1. The first-order chi connectivity index (χ1) is 12.4. The van der Waals surface area contributed by atoms with E-state index < -0.39 is 0 Å². The van der Waals surface area contributed by atoms with Crippen LogP contribution in [0.15, 0.2) is 28.8 Å². The van der Waals surface area contributed by atoms with E-state index in [0.717, 1.165) is 31.9 Å². The molecule has 0 spiro atoms. The van der Waals surface area contributed by atoms with Crippen molar-refractivity contribution < 1.29 is 9.32 Å². The minimum atomic E-state index is -0.0587. The molecule has 1 aliphatic heterocycles. The highest BCUT2D eigenvalue weighted by molar-refractivity contribution is 5.91. The van der Waals surface area contributed by atoms with Crippen molar-refractivity contribution in [2.24, 2.45) is 0 Å². The fourth-order valence-electron chi connectivity index (χ4n) is 3.22. The van der Waals surface area contributed by atoms with Crippen molar-refractivity contribution in [1.29, 1.82) is 0 Å². The molecule has 2 heterocycles. The number of carbonyl (C=O) groups excluding carboxylic acids is 1. The molecule has 0 unspecified atom stereocenters. The Labute approximate surface area is 155 Å². The van der Waals surface area contributed by atoms with Crippen LogP contribution in [0, 0.1) is 13.8 Å². The molecule has 0 aliphatic carbocycles. The zero-order valence-corrected chi connectivity index (χ0v) is 16.1. The zero-order valence-electron chi connectivity index (χ0n) is 16.1. The number of benzene rings is 1. The fourth-order valence-corrected chi connectivity index (χ4v) is 3.22. The van der Waals surface area contributed by atoms with Gasteiger partial charge in [0.15, 0.2) is 0 Å². The molecule has 0 bridgehead atoms. The van der Waals surface area contributed by atoms with Crippen molar-refractivity contribution in [2.45, 2.75) is 33.6 Å². The minimum Gasteiger partial charge on any atom is -0.369 e. The van der Waals surface area contributed by atoms with Crippen LogP contribution in [0.5, 0.6) is 0 Å². The van der Waals surface area contributed by atoms with Crippen LogP contribution in [-0.2, 0) is 4.79 Å². The third-order valence-corrected chi connectivity index (χ3v) is 5.04. The van der Waals surface area contributed by atoms with E-state index in [1.165, 1.54) is 16.8 Å². The lowest BCUT2D eigenvalue weighted by atomic mass is 10.1. The van der Waals surface area contributed by atoms with Gasteiger partial charge in [0.05, 0.1) is 12.2 Å².